The summed E-state index contributed by atoms with van der Waals surface area (Å²) >= 11 is 0. The first kappa shape index (κ1) is 14.2. The predicted molar refractivity (Wildman–Crippen MR) is 73.4 cm³/mol. The third kappa shape index (κ3) is 4.88. The maximum absolute atomic E-state index is 10.3. The van der Waals surface area contributed by atoms with Crippen LogP contribution in [0.4, 0.5) is 0 Å². The van der Waals surface area contributed by atoms with Crippen LogP contribution >= 0.6 is 0 Å². The van der Waals surface area contributed by atoms with Crippen molar-refractivity contribution in [3.8, 4) is 0 Å². The first-order valence-corrected chi connectivity index (χ1v) is 6.44. The third-order valence-electron chi connectivity index (χ3n) is 3.25. The van der Waals surface area contributed by atoms with Crippen LogP contribution in [-0.2, 0) is 6.42 Å². The Labute approximate surface area is 105 Å². The summed E-state index contributed by atoms with van der Waals surface area (Å²) in [4.78, 5) is 0. The van der Waals surface area contributed by atoms with Crippen LogP contribution in [0.25, 0.3) is 0 Å². The molecule has 1 atom stereocenters. The van der Waals surface area contributed by atoms with Crippen molar-refractivity contribution < 1.29 is 5.11 Å². The van der Waals surface area contributed by atoms with Crippen molar-refractivity contribution in [1.29, 1.82) is 0 Å². The van der Waals surface area contributed by atoms with Gasteiger partial charge < -0.3 is 10.4 Å². The van der Waals surface area contributed by atoms with Crippen molar-refractivity contribution in [2.75, 3.05) is 13.1 Å². The van der Waals surface area contributed by atoms with Crippen molar-refractivity contribution >= 4 is 0 Å². The van der Waals surface area contributed by atoms with Gasteiger partial charge in [-0.15, -0.1) is 0 Å². The number of nitrogens with one attached hydrogen (secondary N) is 1. The summed E-state index contributed by atoms with van der Waals surface area (Å²) in [5.74, 6) is 0. The van der Waals surface area contributed by atoms with E-state index in [9.17, 15) is 5.11 Å². The van der Waals surface area contributed by atoms with Crippen molar-refractivity contribution in [2.24, 2.45) is 0 Å². The maximum atomic E-state index is 10.3. The topological polar surface area (TPSA) is 32.3 Å². The summed E-state index contributed by atoms with van der Waals surface area (Å²) in [6.45, 7) is 10.1. The fraction of sp³-hybridized carbons (Fsp3) is 0.600. The number of benzene rings is 1. The van der Waals surface area contributed by atoms with Gasteiger partial charge in [-0.25, -0.2) is 0 Å². The first-order valence-electron chi connectivity index (χ1n) is 6.44. The molecule has 0 aliphatic rings. The minimum absolute atomic E-state index is 0.621. The van der Waals surface area contributed by atoms with E-state index >= 15 is 0 Å². The molecule has 0 radical (unpaired) electrons. The molecule has 0 aromatic heterocycles. The third-order valence-corrected chi connectivity index (χ3v) is 3.25. The Morgan fingerprint density at radius 1 is 1.24 bits per heavy atom. The van der Waals surface area contributed by atoms with Crippen LogP contribution in [0.15, 0.2) is 18.2 Å². The first-order chi connectivity index (χ1) is 7.94. The van der Waals surface area contributed by atoms with Crippen LogP contribution in [0.3, 0.4) is 0 Å². The average molecular weight is 235 g/mol. The zero-order valence-corrected chi connectivity index (χ0v) is 11.5. The molecule has 1 unspecified atom stereocenters. The summed E-state index contributed by atoms with van der Waals surface area (Å²) in [7, 11) is 0. The van der Waals surface area contributed by atoms with E-state index in [1.165, 1.54) is 16.7 Å². The Balaban J connectivity index is 2.59. The molecule has 2 nitrogen and oxygen atoms in total. The molecule has 0 aliphatic carbocycles. The SMILES string of the molecule is CCNCCC(C)(O)Cc1ccc(C)c(C)c1. The van der Waals surface area contributed by atoms with E-state index in [1.807, 2.05) is 6.92 Å². The Kier molecular flexibility index (Phi) is 5.16. The lowest BCUT2D eigenvalue weighted by Crippen LogP contribution is -2.32. The van der Waals surface area contributed by atoms with Crippen LogP contribution in [0.1, 0.15) is 37.0 Å². The molecule has 0 aliphatic heterocycles. The Morgan fingerprint density at radius 3 is 2.53 bits per heavy atom. The molecule has 0 saturated heterocycles. The highest BCUT2D eigenvalue weighted by atomic mass is 16.3. The molecule has 2 heteroatoms. The quantitative estimate of drug-likeness (QED) is 0.743. The standard InChI is InChI=1S/C15H25NO/c1-5-16-9-8-15(4,17)11-14-7-6-12(2)13(3)10-14/h6-7,10,16-17H,5,8-9,11H2,1-4H3. The van der Waals surface area contributed by atoms with Gasteiger partial charge in [-0.1, -0.05) is 25.1 Å². The minimum atomic E-state index is -0.621. The van der Waals surface area contributed by atoms with Crippen LogP contribution in [-0.4, -0.2) is 23.8 Å². The molecule has 1 aromatic carbocycles. The van der Waals surface area contributed by atoms with Crippen LogP contribution in [0, 0.1) is 13.8 Å². The van der Waals surface area contributed by atoms with E-state index in [1.54, 1.807) is 0 Å². The molecule has 0 spiro atoms. The molecule has 0 saturated carbocycles. The van der Waals surface area contributed by atoms with Crippen molar-refractivity contribution in [3.05, 3.63) is 34.9 Å². The number of rotatable bonds is 6. The van der Waals surface area contributed by atoms with E-state index in [4.69, 9.17) is 0 Å². The summed E-state index contributed by atoms with van der Waals surface area (Å²) in [5, 5.41) is 13.6. The van der Waals surface area contributed by atoms with E-state index in [-0.39, 0.29) is 0 Å². The molecular weight excluding hydrogens is 210 g/mol. The number of hydrogen-bond donors (Lipinski definition) is 2. The van der Waals surface area contributed by atoms with E-state index in [0.717, 1.165) is 25.9 Å². The van der Waals surface area contributed by atoms with Crippen molar-refractivity contribution in [3.63, 3.8) is 0 Å². The fourth-order valence-electron chi connectivity index (χ4n) is 1.98. The minimum Gasteiger partial charge on any atom is -0.390 e. The molecule has 0 fully saturated rings. The van der Waals surface area contributed by atoms with Gasteiger partial charge in [-0.05, 0) is 57.0 Å². The smallest absolute Gasteiger partial charge is 0.0672 e. The van der Waals surface area contributed by atoms with E-state index < -0.39 is 5.60 Å². The number of hydrogen-bond acceptors (Lipinski definition) is 2. The summed E-state index contributed by atoms with van der Waals surface area (Å²) in [6, 6.07) is 6.42. The zero-order chi connectivity index (χ0) is 12.9. The number of aryl methyl sites for hydroxylation is 2. The fourth-order valence-corrected chi connectivity index (χ4v) is 1.98. The molecule has 17 heavy (non-hydrogen) atoms. The molecule has 2 N–H and O–H groups in total. The van der Waals surface area contributed by atoms with Gasteiger partial charge in [0.15, 0.2) is 0 Å². The Hall–Kier alpha value is -0.860. The zero-order valence-electron chi connectivity index (χ0n) is 11.5. The Morgan fingerprint density at radius 2 is 1.94 bits per heavy atom. The van der Waals surface area contributed by atoms with Crippen LogP contribution < -0.4 is 5.32 Å². The van der Waals surface area contributed by atoms with Gasteiger partial charge in [0.2, 0.25) is 0 Å². The van der Waals surface area contributed by atoms with Crippen molar-refractivity contribution in [1.82, 2.24) is 5.32 Å². The lowest BCUT2D eigenvalue weighted by atomic mass is 9.92. The van der Waals surface area contributed by atoms with Gasteiger partial charge in [0.05, 0.1) is 5.60 Å². The summed E-state index contributed by atoms with van der Waals surface area (Å²) < 4.78 is 0. The second kappa shape index (κ2) is 6.18. The average Bonchev–Trinajstić information content (AvgIpc) is 2.23. The highest BCUT2D eigenvalue weighted by molar-refractivity contribution is 5.30. The number of aliphatic hydroxyl groups is 1. The van der Waals surface area contributed by atoms with Gasteiger partial charge in [-0.3, -0.25) is 0 Å². The molecule has 1 rings (SSSR count). The predicted octanol–water partition coefficient (Wildman–Crippen LogP) is 2.60. The summed E-state index contributed by atoms with van der Waals surface area (Å²) in [6.07, 6.45) is 1.51. The summed E-state index contributed by atoms with van der Waals surface area (Å²) in [5.41, 5.74) is 3.20. The monoisotopic (exact) mass is 235 g/mol. The highest BCUT2D eigenvalue weighted by Crippen LogP contribution is 2.18. The molecular formula is C15H25NO. The molecule has 0 bridgehead atoms. The van der Waals surface area contributed by atoms with E-state index in [0.29, 0.717) is 0 Å². The van der Waals surface area contributed by atoms with E-state index in [2.05, 4.69) is 44.3 Å². The van der Waals surface area contributed by atoms with Gasteiger partial charge in [0.25, 0.3) is 0 Å². The van der Waals surface area contributed by atoms with Gasteiger partial charge in [0, 0.05) is 6.42 Å². The maximum Gasteiger partial charge on any atom is 0.0672 e. The van der Waals surface area contributed by atoms with Crippen LogP contribution in [0.2, 0.25) is 0 Å². The Bertz CT molecular complexity index is 358. The highest BCUT2D eigenvalue weighted by Gasteiger charge is 2.20. The second-order valence-corrected chi connectivity index (χ2v) is 5.20. The molecule has 1 aromatic rings. The molecule has 0 amide bonds. The lowest BCUT2D eigenvalue weighted by Gasteiger charge is -2.24. The molecule has 0 heterocycles. The van der Waals surface area contributed by atoms with Crippen molar-refractivity contribution in [2.45, 2.75) is 46.1 Å². The largest absolute Gasteiger partial charge is 0.390 e. The second-order valence-electron chi connectivity index (χ2n) is 5.20. The van der Waals surface area contributed by atoms with Gasteiger partial charge in [0.1, 0.15) is 0 Å². The van der Waals surface area contributed by atoms with Gasteiger partial charge in [-0.2, -0.15) is 0 Å². The van der Waals surface area contributed by atoms with Gasteiger partial charge >= 0.3 is 0 Å². The normalized spacial score (nSPS) is 14.6. The lowest BCUT2D eigenvalue weighted by molar-refractivity contribution is 0.0517. The molecule has 96 valence electrons. The van der Waals surface area contributed by atoms with Crippen LogP contribution in [0.5, 0.6) is 0 Å².